The predicted octanol–water partition coefficient (Wildman–Crippen LogP) is 3.46. The summed E-state index contributed by atoms with van der Waals surface area (Å²) in [7, 11) is 0. The summed E-state index contributed by atoms with van der Waals surface area (Å²) >= 11 is 0. The van der Waals surface area contributed by atoms with Crippen LogP contribution in [0, 0.1) is 17.6 Å². The van der Waals surface area contributed by atoms with Crippen molar-refractivity contribution in [3.63, 3.8) is 0 Å². The van der Waals surface area contributed by atoms with Crippen LogP contribution in [0.3, 0.4) is 0 Å². The van der Waals surface area contributed by atoms with Crippen LogP contribution in [0.1, 0.15) is 38.7 Å². The lowest BCUT2D eigenvalue weighted by Gasteiger charge is -2.20. The number of hydrogen-bond donors (Lipinski definition) is 1. The van der Waals surface area contributed by atoms with Crippen LogP contribution in [0.25, 0.3) is 0 Å². The Balaban J connectivity index is 1.92. The molecule has 1 aromatic carbocycles. The van der Waals surface area contributed by atoms with Gasteiger partial charge in [-0.05, 0) is 63.3 Å². The van der Waals surface area contributed by atoms with Crippen LogP contribution >= 0.6 is 0 Å². The van der Waals surface area contributed by atoms with E-state index in [1.807, 2.05) is 0 Å². The highest BCUT2D eigenvalue weighted by Gasteiger charge is 2.38. The van der Waals surface area contributed by atoms with Crippen LogP contribution in [0.15, 0.2) is 18.2 Å². The molecular formula is C14H19F2N. The van der Waals surface area contributed by atoms with E-state index in [-0.39, 0.29) is 5.54 Å². The highest BCUT2D eigenvalue weighted by Crippen LogP contribution is 2.47. The highest BCUT2D eigenvalue weighted by atomic mass is 19.2. The summed E-state index contributed by atoms with van der Waals surface area (Å²) in [6.45, 7) is 7.32. The van der Waals surface area contributed by atoms with Crippen molar-refractivity contribution in [1.82, 2.24) is 5.32 Å². The molecule has 2 rings (SSSR count). The molecule has 3 heteroatoms. The summed E-state index contributed by atoms with van der Waals surface area (Å²) in [5, 5.41) is 3.44. The van der Waals surface area contributed by atoms with Crippen molar-refractivity contribution in [2.75, 3.05) is 6.54 Å². The van der Waals surface area contributed by atoms with E-state index < -0.39 is 11.6 Å². The summed E-state index contributed by atoms with van der Waals surface area (Å²) in [5.74, 6) is -0.560. The molecule has 1 saturated carbocycles. The molecule has 0 saturated heterocycles. The van der Waals surface area contributed by atoms with Gasteiger partial charge in [-0.1, -0.05) is 6.07 Å². The Morgan fingerprint density at radius 1 is 1.24 bits per heavy atom. The first kappa shape index (κ1) is 12.5. The van der Waals surface area contributed by atoms with Gasteiger partial charge in [-0.2, -0.15) is 0 Å². The third-order valence-electron chi connectivity index (χ3n) is 3.19. The van der Waals surface area contributed by atoms with Crippen molar-refractivity contribution in [1.29, 1.82) is 0 Å². The molecule has 0 amide bonds. The Morgan fingerprint density at radius 2 is 1.94 bits per heavy atom. The first-order valence-corrected chi connectivity index (χ1v) is 6.07. The fourth-order valence-electron chi connectivity index (χ4n) is 2.06. The van der Waals surface area contributed by atoms with E-state index >= 15 is 0 Å². The van der Waals surface area contributed by atoms with Gasteiger partial charge in [-0.25, -0.2) is 8.78 Å². The van der Waals surface area contributed by atoms with Crippen LogP contribution in [-0.2, 0) is 0 Å². The van der Waals surface area contributed by atoms with Crippen molar-refractivity contribution < 1.29 is 8.78 Å². The molecule has 1 aliphatic carbocycles. The number of nitrogens with one attached hydrogen (secondary N) is 1. The molecule has 0 aliphatic heterocycles. The fraction of sp³-hybridized carbons (Fsp3) is 0.571. The maximum atomic E-state index is 13.1. The molecule has 2 unspecified atom stereocenters. The number of rotatable bonds is 3. The molecule has 0 aromatic heterocycles. The monoisotopic (exact) mass is 239 g/mol. The molecule has 2 atom stereocenters. The summed E-state index contributed by atoms with van der Waals surface area (Å²) in [5.41, 5.74) is 1.03. The zero-order valence-electron chi connectivity index (χ0n) is 10.6. The van der Waals surface area contributed by atoms with Crippen LogP contribution in [-0.4, -0.2) is 12.1 Å². The standard InChI is InChI=1S/C14H19F2N/c1-14(2,3)17-8-10-6-11(10)9-4-5-12(15)13(16)7-9/h4-5,7,10-11,17H,6,8H2,1-3H3. The van der Waals surface area contributed by atoms with Crippen LogP contribution in [0.4, 0.5) is 8.78 Å². The van der Waals surface area contributed by atoms with Gasteiger partial charge in [0, 0.05) is 5.54 Å². The Morgan fingerprint density at radius 3 is 2.53 bits per heavy atom. The molecule has 1 aliphatic rings. The second-order valence-corrected chi connectivity index (χ2v) is 5.91. The van der Waals surface area contributed by atoms with Gasteiger partial charge in [0.15, 0.2) is 11.6 Å². The predicted molar refractivity (Wildman–Crippen MR) is 65.0 cm³/mol. The first-order chi connectivity index (χ1) is 7.87. The van der Waals surface area contributed by atoms with Crippen molar-refractivity contribution in [3.05, 3.63) is 35.4 Å². The lowest BCUT2D eigenvalue weighted by molar-refractivity contribution is 0.414. The van der Waals surface area contributed by atoms with Gasteiger partial charge < -0.3 is 5.32 Å². The minimum absolute atomic E-state index is 0.112. The quantitative estimate of drug-likeness (QED) is 0.851. The third-order valence-corrected chi connectivity index (χ3v) is 3.19. The molecule has 0 heterocycles. The molecule has 1 aromatic rings. The zero-order chi connectivity index (χ0) is 12.6. The van der Waals surface area contributed by atoms with E-state index in [4.69, 9.17) is 0 Å². The van der Waals surface area contributed by atoms with E-state index in [0.29, 0.717) is 11.8 Å². The molecule has 0 spiro atoms. The zero-order valence-corrected chi connectivity index (χ0v) is 10.6. The molecule has 17 heavy (non-hydrogen) atoms. The van der Waals surface area contributed by atoms with E-state index in [1.54, 1.807) is 6.07 Å². The normalized spacial score (nSPS) is 23.8. The van der Waals surface area contributed by atoms with E-state index in [0.717, 1.165) is 18.5 Å². The lowest BCUT2D eigenvalue weighted by atomic mass is 10.1. The molecule has 1 fully saturated rings. The molecular weight excluding hydrogens is 220 g/mol. The maximum absolute atomic E-state index is 13.1. The number of halogens is 2. The largest absolute Gasteiger partial charge is 0.312 e. The van der Waals surface area contributed by atoms with Gasteiger partial charge in [0.25, 0.3) is 0 Å². The Kier molecular flexibility index (Phi) is 3.21. The number of benzene rings is 1. The fourth-order valence-corrected chi connectivity index (χ4v) is 2.06. The van der Waals surface area contributed by atoms with Gasteiger partial charge in [0.2, 0.25) is 0 Å². The smallest absolute Gasteiger partial charge is 0.159 e. The van der Waals surface area contributed by atoms with Gasteiger partial charge in [0.05, 0.1) is 0 Å². The Bertz CT molecular complexity index is 409. The van der Waals surface area contributed by atoms with Gasteiger partial charge in [0.1, 0.15) is 0 Å². The van der Waals surface area contributed by atoms with Gasteiger partial charge >= 0.3 is 0 Å². The first-order valence-electron chi connectivity index (χ1n) is 6.07. The lowest BCUT2D eigenvalue weighted by Crippen LogP contribution is -2.37. The van der Waals surface area contributed by atoms with E-state index in [9.17, 15) is 8.78 Å². The molecule has 1 nitrogen and oxygen atoms in total. The van der Waals surface area contributed by atoms with Crippen molar-refractivity contribution in [2.45, 2.75) is 38.6 Å². The SMILES string of the molecule is CC(C)(C)NCC1CC1c1ccc(F)c(F)c1. The average molecular weight is 239 g/mol. The van der Waals surface area contributed by atoms with Crippen LogP contribution in [0.5, 0.6) is 0 Å². The van der Waals surface area contributed by atoms with Crippen molar-refractivity contribution in [2.24, 2.45) is 5.92 Å². The van der Waals surface area contributed by atoms with Crippen LogP contribution in [0.2, 0.25) is 0 Å². The summed E-state index contributed by atoms with van der Waals surface area (Å²) in [6.07, 6.45) is 1.06. The van der Waals surface area contributed by atoms with Gasteiger partial charge in [-0.15, -0.1) is 0 Å². The van der Waals surface area contributed by atoms with Crippen molar-refractivity contribution >= 4 is 0 Å². The molecule has 0 radical (unpaired) electrons. The summed E-state index contributed by atoms with van der Waals surface area (Å²) in [6, 6.07) is 4.24. The maximum Gasteiger partial charge on any atom is 0.159 e. The minimum Gasteiger partial charge on any atom is -0.312 e. The second-order valence-electron chi connectivity index (χ2n) is 5.91. The van der Waals surface area contributed by atoms with E-state index in [2.05, 4.69) is 26.1 Å². The highest BCUT2D eigenvalue weighted by molar-refractivity contribution is 5.27. The van der Waals surface area contributed by atoms with Gasteiger partial charge in [-0.3, -0.25) is 0 Å². The third kappa shape index (κ3) is 3.25. The summed E-state index contributed by atoms with van der Waals surface area (Å²) in [4.78, 5) is 0. The van der Waals surface area contributed by atoms with E-state index in [1.165, 1.54) is 12.1 Å². The Labute approximate surface area is 101 Å². The topological polar surface area (TPSA) is 12.0 Å². The Hall–Kier alpha value is -0.960. The average Bonchev–Trinajstić information content (AvgIpc) is 2.97. The molecule has 1 N–H and O–H groups in total. The van der Waals surface area contributed by atoms with Crippen molar-refractivity contribution in [3.8, 4) is 0 Å². The van der Waals surface area contributed by atoms with Crippen LogP contribution < -0.4 is 5.32 Å². The molecule has 0 bridgehead atoms. The summed E-state index contributed by atoms with van der Waals surface area (Å²) < 4.78 is 25.9. The minimum atomic E-state index is -0.765. The number of hydrogen-bond acceptors (Lipinski definition) is 1. The second kappa shape index (κ2) is 4.37. The molecule has 94 valence electrons.